The van der Waals surface area contributed by atoms with Gasteiger partial charge in [-0.1, -0.05) is 6.92 Å². The highest BCUT2D eigenvalue weighted by molar-refractivity contribution is 4.62. The summed E-state index contributed by atoms with van der Waals surface area (Å²) in [7, 11) is 0. The van der Waals surface area contributed by atoms with Crippen molar-refractivity contribution in [1.82, 2.24) is 5.32 Å². The lowest BCUT2D eigenvalue weighted by atomic mass is 10.2. The van der Waals surface area contributed by atoms with Gasteiger partial charge in [-0.3, -0.25) is 0 Å². The molecule has 0 aromatic heterocycles. The van der Waals surface area contributed by atoms with E-state index in [-0.39, 0.29) is 18.2 Å². The molecule has 4 nitrogen and oxygen atoms in total. The molecule has 0 aliphatic rings. The minimum absolute atomic E-state index is 0.0321. The van der Waals surface area contributed by atoms with E-state index < -0.39 is 0 Å². The summed E-state index contributed by atoms with van der Waals surface area (Å²) in [5, 5.41) is 12.1. The molecule has 0 bridgehead atoms. The van der Waals surface area contributed by atoms with Gasteiger partial charge in [-0.25, -0.2) is 0 Å². The fourth-order valence-corrected chi connectivity index (χ4v) is 1.10. The van der Waals surface area contributed by atoms with E-state index in [0.29, 0.717) is 19.8 Å². The monoisotopic (exact) mass is 219 g/mol. The second-order valence-corrected chi connectivity index (χ2v) is 4.47. The lowest BCUT2D eigenvalue weighted by Gasteiger charge is -2.20. The number of aliphatic hydroxyl groups is 1. The van der Waals surface area contributed by atoms with Crippen molar-refractivity contribution < 1.29 is 14.6 Å². The molecule has 1 unspecified atom stereocenters. The van der Waals surface area contributed by atoms with Crippen molar-refractivity contribution in [3.05, 3.63) is 0 Å². The fraction of sp³-hybridized carbons (Fsp3) is 1.00. The van der Waals surface area contributed by atoms with Gasteiger partial charge in [-0.15, -0.1) is 0 Å². The highest BCUT2D eigenvalue weighted by atomic mass is 16.5. The van der Waals surface area contributed by atoms with Crippen LogP contribution < -0.4 is 5.32 Å². The Balaban J connectivity index is 3.36. The van der Waals surface area contributed by atoms with Crippen molar-refractivity contribution in [3.63, 3.8) is 0 Å². The van der Waals surface area contributed by atoms with Gasteiger partial charge in [0.1, 0.15) is 0 Å². The highest BCUT2D eigenvalue weighted by Crippen LogP contribution is 2.05. The van der Waals surface area contributed by atoms with Crippen LogP contribution in [0.1, 0.15) is 27.7 Å². The number of hydrogen-bond acceptors (Lipinski definition) is 4. The molecule has 0 aromatic rings. The number of aliphatic hydroxyl groups excluding tert-OH is 1. The smallest absolute Gasteiger partial charge is 0.0707 e. The quantitative estimate of drug-likeness (QED) is 0.593. The molecule has 0 spiro atoms. The summed E-state index contributed by atoms with van der Waals surface area (Å²) in [6.45, 7) is 10.7. The molecule has 0 rings (SSSR count). The third-order valence-electron chi connectivity index (χ3n) is 1.79. The molecule has 0 aliphatic carbocycles. The van der Waals surface area contributed by atoms with Gasteiger partial charge >= 0.3 is 0 Å². The van der Waals surface area contributed by atoms with E-state index in [1.165, 1.54) is 0 Å². The fourth-order valence-electron chi connectivity index (χ4n) is 1.10. The first-order valence-electron chi connectivity index (χ1n) is 5.55. The van der Waals surface area contributed by atoms with E-state index in [0.717, 1.165) is 6.54 Å². The van der Waals surface area contributed by atoms with Gasteiger partial charge in [0.15, 0.2) is 0 Å². The van der Waals surface area contributed by atoms with E-state index in [1.807, 2.05) is 27.7 Å². The van der Waals surface area contributed by atoms with Crippen LogP contribution in [0.2, 0.25) is 0 Å². The predicted molar refractivity (Wildman–Crippen MR) is 61.1 cm³/mol. The minimum Gasteiger partial charge on any atom is -0.395 e. The van der Waals surface area contributed by atoms with Crippen LogP contribution >= 0.6 is 0 Å². The minimum atomic E-state index is -0.110. The first kappa shape index (κ1) is 14.8. The Kier molecular flexibility index (Phi) is 7.96. The van der Waals surface area contributed by atoms with Gasteiger partial charge in [-0.2, -0.15) is 0 Å². The summed E-state index contributed by atoms with van der Waals surface area (Å²) in [6, 6.07) is 0.0321. The maximum atomic E-state index is 8.97. The van der Waals surface area contributed by atoms with Crippen LogP contribution in [-0.4, -0.2) is 49.7 Å². The van der Waals surface area contributed by atoms with Crippen LogP contribution in [-0.2, 0) is 9.47 Å². The molecule has 0 heterocycles. The van der Waals surface area contributed by atoms with Crippen molar-refractivity contribution in [2.75, 3.05) is 33.0 Å². The Morgan fingerprint density at radius 2 is 1.93 bits per heavy atom. The molecular formula is C11H25NO3. The second-order valence-electron chi connectivity index (χ2n) is 4.47. The van der Waals surface area contributed by atoms with Gasteiger partial charge in [0.05, 0.1) is 38.1 Å². The average Bonchev–Trinajstić information content (AvgIpc) is 2.14. The Hall–Kier alpha value is -0.160. The lowest BCUT2D eigenvalue weighted by molar-refractivity contribution is -0.0388. The number of hydrogen-bond donors (Lipinski definition) is 2. The SMILES string of the molecule is CCNC(CO)COCCOC(C)(C)C. The number of ether oxygens (including phenoxy) is 2. The van der Waals surface area contributed by atoms with E-state index in [1.54, 1.807) is 0 Å². The van der Waals surface area contributed by atoms with E-state index in [9.17, 15) is 0 Å². The standard InChI is InChI=1S/C11H25NO3/c1-5-12-10(8-13)9-14-6-7-15-11(2,3)4/h10,12-13H,5-9H2,1-4H3. The molecule has 0 amide bonds. The molecular weight excluding hydrogens is 194 g/mol. The molecule has 0 fully saturated rings. The molecule has 4 heteroatoms. The summed E-state index contributed by atoms with van der Waals surface area (Å²) in [5.74, 6) is 0. The Morgan fingerprint density at radius 3 is 2.40 bits per heavy atom. The zero-order valence-electron chi connectivity index (χ0n) is 10.4. The van der Waals surface area contributed by atoms with Crippen molar-refractivity contribution in [2.45, 2.75) is 39.3 Å². The van der Waals surface area contributed by atoms with Crippen LogP contribution in [0, 0.1) is 0 Å². The highest BCUT2D eigenvalue weighted by Gasteiger charge is 2.09. The largest absolute Gasteiger partial charge is 0.395 e. The molecule has 0 saturated carbocycles. The summed E-state index contributed by atoms with van der Waals surface area (Å²) in [5.41, 5.74) is -0.110. The van der Waals surface area contributed by atoms with Gasteiger partial charge in [0.25, 0.3) is 0 Å². The zero-order chi connectivity index (χ0) is 11.7. The van der Waals surface area contributed by atoms with Crippen molar-refractivity contribution in [1.29, 1.82) is 0 Å². The van der Waals surface area contributed by atoms with E-state index in [2.05, 4.69) is 5.32 Å². The molecule has 15 heavy (non-hydrogen) atoms. The summed E-state index contributed by atoms with van der Waals surface area (Å²) in [6.07, 6.45) is 0. The summed E-state index contributed by atoms with van der Waals surface area (Å²) < 4.78 is 10.9. The Morgan fingerprint density at radius 1 is 1.27 bits per heavy atom. The van der Waals surface area contributed by atoms with Crippen molar-refractivity contribution in [2.24, 2.45) is 0 Å². The van der Waals surface area contributed by atoms with E-state index >= 15 is 0 Å². The topological polar surface area (TPSA) is 50.7 Å². The third-order valence-corrected chi connectivity index (χ3v) is 1.79. The number of rotatable bonds is 8. The molecule has 0 radical (unpaired) electrons. The van der Waals surface area contributed by atoms with Gasteiger partial charge < -0.3 is 19.9 Å². The number of nitrogens with one attached hydrogen (secondary N) is 1. The van der Waals surface area contributed by atoms with Crippen LogP contribution in [0.15, 0.2) is 0 Å². The first-order valence-corrected chi connectivity index (χ1v) is 5.55. The number of likely N-dealkylation sites (N-methyl/N-ethyl adjacent to an activating group) is 1. The second kappa shape index (κ2) is 8.05. The Labute approximate surface area is 93.0 Å². The summed E-state index contributed by atoms with van der Waals surface area (Å²) >= 11 is 0. The molecule has 1 atom stereocenters. The molecule has 0 aromatic carbocycles. The third kappa shape index (κ3) is 10.1. The van der Waals surface area contributed by atoms with Crippen molar-refractivity contribution in [3.8, 4) is 0 Å². The zero-order valence-corrected chi connectivity index (χ0v) is 10.4. The molecule has 0 aliphatic heterocycles. The maximum Gasteiger partial charge on any atom is 0.0707 e. The van der Waals surface area contributed by atoms with Gasteiger partial charge in [0, 0.05) is 0 Å². The molecule has 92 valence electrons. The normalized spacial score (nSPS) is 14.2. The maximum absolute atomic E-state index is 8.97. The van der Waals surface area contributed by atoms with Crippen LogP contribution in [0.3, 0.4) is 0 Å². The van der Waals surface area contributed by atoms with Crippen LogP contribution in [0.25, 0.3) is 0 Å². The predicted octanol–water partition coefficient (Wildman–Crippen LogP) is 0.788. The lowest BCUT2D eigenvalue weighted by Crippen LogP contribution is -2.37. The Bertz CT molecular complexity index is 145. The van der Waals surface area contributed by atoms with Gasteiger partial charge in [-0.05, 0) is 27.3 Å². The van der Waals surface area contributed by atoms with Crippen LogP contribution in [0.5, 0.6) is 0 Å². The summed E-state index contributed by atoms with van der Waals surface area (Å²) in [4.78, 5) is 0. The molecule has 0 saturated heterocycles. The van der Waals surface area contributed by atoms with E-state index in [4.69, 9.17) is 14.6 Å². The first-order chi connectivity index (χ1) is 6.99. The van der Waals surface area contributed by atoms with Gasteiger partial charge in [0.2, 0.25) is 0 Å². The van der Waals surface area contributed by atoms with Crippen LogP contribution in [0.4, 0.5) is 0 Å². The van der Waals surface area contributed by atoms with Crippen molar-refractivity contribution >= 4 is 0 Å². The molecule has 2 N–H and O–H groups in total. The average molecular weight is 219 g/mol.